The standard InChI is InChI=1S/C17H22O2/c18-12-14-6-9-17-15(10-14)7-8-16(19-17)11-13-4-2-1-3-5-13/h6,9-10,12-13,16H,1-5,7-8,11H2/t16-/m0/s1. The fraction of sp³-hybridized carbons (Fsp3) is 0.588. The third kappa shape index (κ3) is 2.99. The summed E-state index contributed by atoms with van der Waals surface area (Å²) in [4.78, 5) is 10.8. The van der Waals surface area contributed by atoms with Crippen LogP contribution in [0.1, 0.15) is 60.9 Å². The summed E-state index contributed by atoms with van der Waals surface area (Å²) in [5, 5.41) is 0. The average molecular weight is 258 g/mol. The van der Waals surface area contributed by atoms with Crippen molar-refractivity contribution in [3.05, 3.63) is 29.3 Å². The lowest BCUT2D eigenvalue weighted by molar-refractivity contribution is 0.112. The average Bonchev–Trinajstić information content (AvgIpc) is 2.48. The minimum atomic E-state index is 0.387. The predicted octanol–water partition coefficient (Wildman–Crippen LogP) is 4.16. The van der Waals surface area contributed by atoms with E-state index in [-0.39, 0.29) is 0 Å². The molecule has 1 heterocycles. The second-order valence-electron chi connectivity index (χ2n) is 6.00. The summed E-state index contributed by atoms with van der Waals surface area (Å²) < 4.78 is 6.12. The molecule has 102 valence electrons. The van der Waals surface area contributed by atoms with Gasteiger partial charge in [0.15, 0.2) is 0 Å². The van der Waals surface area contributed by atoms with Crippen LogP contribution < -0.4 is 4.74 Å². The molecule has 1 aromatic carbocycles. The van der Waals surface area contributed by atoms with Crippen LogP contribution in [0.4, 0.5) is 0 Å². The van der Waals surface area contributed by atoms with Gasteiger partial charge in [0.1, 0.15) is 12.0 Å². The molecule has 1 atom stereocenters. The number of benzene rings is 1. The molecule has 1 aliphatic carbocycles. The van der Waals surface area contributed by atoms with Gasteiger partial charge in [0.2, 0.25) is 0 Å². The highest BCUT2D eigenvalue weighted by Crippen LogP contribution is 2.34. The summed E-state index contributed by atoms with van der Waals surface area (Å²) in [6.45, 7) is 0. The fourth-order valence-electron chi connectivity index (χ4n) is 3.50. The first-order valence-electron chi connectivity index (χ1n) is 7.60. The van der Waals surface area contributed by atoms with Crippen LogP contribution in [0.5, 0.6) is 5.75 Å². The SMILES string of the molecule is O=Cc1ccc2c(c1)CC[C@@H](CC1CCCCC1)O2. The number of fused-ring (bicyclic) bond motifs is 1. The predicted molar refractivity (Wildman–Crippen MR) is 75.8 cm³/mol. The summed E-state index contributed by atoms with van der Waals surface area (Å²) in [5.41, 5.74) is 1.96. The molecule has 0 amide bonds. The number of aldehydes is 1. The highest BCUT2D eigenvalue weighted by molar-refractivity contribution is 5.75. The van der Waals surface area contributed by atoms with Crippen molar-refractivity contribution in [2.45, 2.75) is 57.5 Å². The number of ether oxygens (including phenoxy) is 1. The fourth-order valence-corrected chi connectivity index (χ4v) is 3.50. The lowest BCUT2D eigenvalue weighted by Gasteiger charge is -2.30. The molecule has 1 saturated carbocycles. The Morgan fingerprint density at radius 3 is 2.79 bits per heavy atom. The summed E-state index contributed by atoms with van der Waals surface area (Å²) in [7, 11) is 0. The van der Waals surface area contributed by atoms with E-state index < -0.39 is 0 Å². The summed E-state index contributed by atoms with van der Waals surface area (Å²) in [5.74, 6) is 1.87. The smallest absolute Gasteiger partial charge is 0.150 e. The molecule has 1 fully saturated rings. The quantitative estimate of drug-likeness (QED) is 0.761. The van der Waals surface area contributed by atoms with Gasteiger partial charge in [0, 0.05) is 5.56 Å². The Labute approximate surface area is 115 Å². The Bertz CT molecular complexity index is 447. The van der Waals surface area contributed by atoms with Gasteiger partial charge in [-0.15, -0.1) is 0 Å². The zero-order valence-corrected chi connectivity index (χ0v) is 11.4. The highest BCUT2D eigenvalue weighted by atomic mass is 16.5. The van der Waals surface area contributed by atoms with E-state index in [9.17, 15) is 4.79 Å². The Balaban J connectivity index is 1.63. The first-order valence-corrected chi connectivity index (χ1v) is 7.60. The Morgan fingerprint density at radius 2 is 2.00 bits per heavy atom. The molecular formula is C17H22O2. The molecule has 2 aliphatic rings. The normalized spacial score (nSPS) is 23.5. The van der Waals surface area contributed by atoms with Crippen molar-refractivity contribution in [1.29, 1.82) is 0 Å². The molecule has 2 nitrogen and oxygen atoms in total. The van der Waals surface area contributed by atoms with Gasteiger partial charge in [0.05, 0.1) is 6.10 Å². The van der Waals surface area contributed by atoms with E-state index in [1.54, 1.807) is 0 Å². The minimum absolute atomic E-state index is 0.387. The molecule has 3 rings (SSSR count). The van der Waals surface area contributed by atoms with E-state index in [0.717, 1.165) is 36.4 Å². The Kier molecular flexibility index (Phi) is 3.86. The van der Waals surface area contributed by atoms with E-state index in [1.165, 1.54) is 44.1 Å². The van der Waals surface area contributed by atoms with Crippen molar-refractivity contribution in [2.75, 3.05) is 0 Å². The van der Waals surface area contributed by atoms with Crippen LogP contribution in [0.15, 0.2) is 18.2 Å². The number of hydrogen-bond donors (Lipinski definition) is 0. The van der Waals surface area contributed by atoms with Crippen LogP contribution >= 0.6 is 0 Å². The maximum absolute atomic E-state index is 10.8. The lowest BCUT2D eigenvalue weighted by Crippen LogP contribution is -2.26. The number of carbonyl (C=O) groups excluding carboxylic acids is 1. The number of hydrogen-bond acceptors (Lipinski definition) is 2. The van der Waals surface area contributed by atoms with Crippen molar-refractivity contribution in [3.8, 4) is 5.75 Å². The van der Waals surface area contributed by atoms with Gasteiger partial charge in [0.25, 0.3) is 0 Å². The number of rotatable bonds is 3. The van der Waals surface area contributed by atoms with Gasteiger partial charge >= 0.3 is 0 Å². The molecule has 0 bridgehead atoms. The molecular weight excluding hydrogens is 236 g/mol. The van der Waals surface area contributed by atoms with Crippen LogP contribution in [-0.2, 0) is 6.42 Å². The largest absolute Gasteiger partial charge is 0.490 e. The van der Waals surface area contributed by atoms with Gasteiger partial charge < -0.3 is 4.74 Å². The second-order valence-corrected chi connectivity index (χ2v) is 6.00. The zero-order valence-electron chi connectivity index (χ0n) is 11.4. The van der Waals surface area contributed by atoms with E-state index in [1.807, 2.05) is 18.2 Å². The van der Waals surface area contributed by atoms with Crippen LogP contribution in [0.25, 0.3) is 0 Å². The molecule has 19 heavy (non-hydrogen) atoms. The van der Waals surface area contributed by atoms with Crippen LogP contribution in [-0.4, -0.2) is 12.4 Å². The first-order chi connectivity index (χ1) is 9.35. The Hall–Kier alpha value is -1.31. The minimum Gasteiger partial charge on any atom is -0.490 e. The molecule has 2 heteroatoms. The van der Waals surface area contributed by atoms with Crippen LogP contribution in [0, 0.1) is 5.92 Å². The molecule has 1 aromatic rings. The Morgan fingerprint density at radius 1 is 1.16 bits per heavy atom. The third-order valence-corrected chi connectivity index (χ3v) is 4.57. The van der Waals surface area contributed by atoms with Crippen molar-refractivity contribution in [3.63, 3.8) is 0 Å². The van der Waals surface area contributed by atoms with Crippen LogP contribution in [0.3, 0.4) is 0 Å². The van der Waals surface area contributed by atoms with Gasteiger partial charge in [-0.1, -0.05) is 32.1 Å². The molecule has 1 aliphatic heterocycles. The van der Waals surface area contributed by atoms with E-state index in [0.29, 0.717) is 6.10 Å². The van der Waals surface area contributed by atoms with E-state index >= 15 is 0 Å². The van der Waals surface area contributed by atoms with E-state index in [4.69, 9.17) is 4.74 Å². The van der Waals surface area contributed by atoms with Gasteiger partial charge in [-0.05, 0) is 48.9 Å². The van der Waals surface area contributed by atoms with Crippen molar-refractivity contribution < 1.29 is 9.53 Å². The number of carbonyl (C=O) groups is 1. The molecule has 0 N–H and O–H groups in total. The van der Waals surface area contributed by atoms with Crippen molar-refractivity contribution in [2.24, 2.45) is 5.92 Å². The summed E-state index contributed by atoms with van der Waals surface area (Å²) >= 11 is 0. The lowest BCUT2D eigenvalue weighted by atomic mass is 9.84. The zero-order chi connectivity index (χ0) is 13.1. The van der Waals surface area contributed by atoms with Gasteiger partial charge in [-0.3, -0.25) is 4.79 Å². The van der Waals surface area contributed by atoms with Crippen molar-refractivity contribution in [1.82, 2.24) is 0 Å². The van der Waals surface area contributed by atoms with E-state index in [2.05, 4.69) is 0 Å². The van der Waals surface area contributed by atoms with Gasteiger partial charge in [-0.2, -0.15) is 0 Å². The summed E-state index contributed by atoms with van der Waals surface area (Å²) in [6, 6.07) is 5.79. The maximum atomic E-state index is 10.8. The number of aryl methyl sites for hydroxylation is 1. The highest BCUT2D eigenvalue weighted by Gasteiger charge is 2.24. The van der Waals surface area contributed by atoms with Crippen molar-refractivity contribution >= 4 is 6.29 Å². The molecule has 0 radical (unpaired) electrons. The second kappa shape index (κ2) is 5.77. The molecule has 0 unspecified atom stereocenters. The summed E-state index contributed by atoms with van der Waals surface area (Å²) in [6.07, 6.45) is 11.7. The monoisotopic (exact) mass is 258 g/mol. The molecule has 0 aromatic heterocycles. The maximum Gasteiger partial charge on any atom is 0.150 e. The van der Waals surface area contributed by atoms with Crippen LogP contribution in [0.2, 0.25) is 0 Å². The first kappa shape index (κ1) is 12.7. The molecule has 0 spiro atoms. The third-order valence-electron chi connectivity index (χ3n) is 4.57. The van der Waals surface area contributed by atoms with Gasteiger partial charge in [-0.25, -0.2) is 0 Å². The topological polar surface area (TPSA) is 26.3 Å². The molecule has 0 saturated heterocycles.